The summed E-state index contributed by atoms with van der Waals surface area (Å²) in [5.74, 6) is 1.48. The van der Waals surface area contributed by atoms with E-state index in [-0.39, 0.29) is 0 Å². The zero-order chi connectivity index (χ0) is 15.5. The molecule has 0 saturated carbocycles. The molecule has 0 N–H and O–H groups in total. The van der Waals surface area contributed by atoms with Crippen molar-refractivity contribution < 1.29 is 9.47 Å². The first-order valence-electron chi connectivity index (χ1n) is 7.36. The maximum Gasteiger partial charge on any atom is 0.169 e. The summed E-state index contributed by atoms with van der Waals surface area (Å²) in [6.45, 7) is 7.05. The van der Waals surface area contributed by atoms with Crippen LogP contribution in [0.15, 0.2) is 36.9 Å². The minimum Gasteiger partial charge on any atom is -0.486 e. The summed E-state index contributed by atoms with van der Waals surface area (Å²) in [5, 5.41) is 9.27. The minimum atomic E-state index is 0.527. The first-order valence-corrected chi connectivity index (χ1v) is 7.36. The molecular formula is C19H17NO2. The van der Waals surface area contributed by atoms with E-state index in [2.05, 4.69) is 25.6 Å². The second kappa shape index (κ2) is 5.95. The number of hydrogen-bond acceptors (Lipinski definition) is 3. The van der Waals surface area contributed by atoms with Crippen LogP contribution >= 0.6 is 0 Å². The average Bonchev–Trinajstić information content (AvgIpc) is 2.60. The molecule has 0 atom stereocenters. The van der Waals surface area contributed by atoms with E-state index >= 15 is 0 Å². The highest BCUT2D eigenvalue weighted by molar-refractivity contribution is 5.83. The third-order valence-corrected chi connectivity index (χ3v) is 3.78. The smallest absolute Gasteiger partial charge is 0.169 e. The zero-order valence-electron chi connectivity index (χ0n) is 12.6. The Hall–Kier alpha value is -2.73. The molecule has 0 aliphatic carbocycles. The lowest BCUT2D eigenvalue weighted by Gasteiger charge is -2.23. The van der Waals surface area contributed by atoms with Gasteiger partial charge in [0.2, 0.25) is 0 Å². The van der Waals surface area contributed by atoms with Gasteiger partial charge >= 0.3 is 0 Å². The lowest BCUT2D eigenvalue weighted by molar-refractivity contribution is 0.172. The van der Waals surface area contributed by atoms with Crippen LogP contribution in [0.5, 0.6) is 11.5 Å². The predicted octanol–water partition coefficient (Wildman–Crippen LogP) is 4.20. The second-order valence-electron chi connectivity index (χ2n) is 5.14. The van der Waals surface area contributed by atoms with Crippen LogP contribution in [-0.2, 0) is 6.42 Å². The van der Waals surface area contributed by atoms with Gasteiger partial charge in [-0.15, -0.1) is 0 Å². The van der Waals surface area contributed by atoms with E-state index in [1.54, 1.807) is 6.08 Å². The number of ether oxygens (including phenoxy) is 2. The first-order chi connectivity index (χ1) is 10.8. The quantitative estimate of drug-likeness (QED) is 0.851. The van der Waals surface area contributed by atoms with Crippen molar-refractivity contribution in [2.45, 2.75) is 13.3 Å². The highest BCUT2D eigenvalue weighted by Crippen LogP contribution is 2.43. The van der Waals surface area contributed by atoms with Crippen LogP contribution in [0.4, 0.5) is 0 Å². The number of rotatable bonds is 3. The Balaban J connectivity index is 2.27. The number of aryl methyl sites for hydroxylation is 1. The Morgan fingerprint density at radius 2 is 2.05 bits per heavy atom. The molecule has 3 nitrogen and oxygen atoms in total. The molecule has 0 aromatic heterocycles. The van der Waals surface area contributed by atoms with Crippen LogP contribution in [0.25, 0.3) is 17.2 Å². The van der Waals surface area contributed by atoms with Gasteiger partial charge in [0.15, 0.2) is 11.5 Å². The minimum absolute atomic E-state index is 0.527. The van der Waals surface area contributed by atoms with Crippen LogP contribution in [0.1, 0.15) is 23.6 Å². The summed E-state index contributed by atoms with van der Waals surface area (Å²) in [6.07, 6.45) is 2.68. The number of nitriles is 1. The maximum atomic E-state index is 9.27. The molecule has 22 heavy (non-hydrogen) atoms. The number of hydrogen-bond donors (Lipinski definition) is 0. The molecule has 110 valence electrons. The van der Waals surface area contributed by atoms with E-state index in [4.69, 9.17) is 9.47 Å². The highest BCUT2D eigenvalue weighted by Gasteiger charge is 2.20. The van der Waals surface area contributed by atoms with E-state index in [9.17, 15) is 5.26 Å². The third kappa shape index (κ3) is 2.44. The van der Waals surface area contributed by atoms with Crippen molar-refractivity contribution in [1.29, 1.82) is 5.26 Å². The summed E-state index contributed by atoms with van der Waals surface area (Å²) in [4.78, 5) is 0. The van der Waals surface area contributed by atoms with E-state index in [1.165, 1.54) is 0 Å². The van der Waals surface area contributed by atoms with Crippen LogP contribution < -0.4 is 9.47 Å². The van der Waals surface area contributed by atoms with E-state index < -0.39 is 0 Å². The third-order valence-electron chi connectivity index (χ3n) is 3.78. The highest BCUT2D eigenvalue weighted by atomic mass is 16.6. The van der Waals surface area contributed by atoms with Crippen LogP contribution in [0, 0.1) is 11.3 Å². The topological polar surface area (TPSA) is 42.2 Å². The predicted molar refractivity (Wildman–Crippen MR) is 87.1 cm³/mol. The zero-order valence-corrected chi connectivity index (χ0v) is 12.6. The van der Waals surface area contributed by atoms with Gasteiger partial charge in [-0.25, -0.2) is 0 Å². The van der Waals surface area contributed by atoms with Crippen molar-refractivity contribution in [2.75, 3.05) is 13.2 Å². The molecular weight excluding hydrogens is 274 g/mol. The summed E-state index contributed by atoms with van der Waals surface area (Å²) < 4.78 is 11.5. The Morgan fingerprint density at radius 3 is 2.77 bits per heavy atom. The molecule has 3 rings (SSSR count). The average molecular weight is 291 g/mol. The second-order valence-corrected chi connectivity index (χ2v) is 5.14. The SMILES string of the molecule is C=Cc1ccc2c(c1-c1cc(C#N)cc(CC)c1)OCCO2. The Labute approximate surface area is 130 Å². The molecule has 0 radical (unpaired) electrons. The van der Waals surface area contributed by atoms with Gasteiger partial charge in [-0.3, -0.25) is 0 Å². The molecule has 0 fully saturated rings. The van der Waals surface area contributed by atoms with Crippen molar-refractivity contribution in [2.24, 2.45) is 0 Å². The summed E-state index contributed by atoms with van der Waals surface area (Å²) in [5.41, 5.74) is 4.66. The monoisotopic (exact) mass is 291 g/mol. The molecule has 0 spiro atoms. The summed E-state index contributed by atoms with van der Waals surface area (Å²) in [7, 11) is 0. The molecule has 3 heteroatoms. The van der Waals surface area contributed by atoms with Gasteiger partial charge in [-0.1, -0.05) is 31.7 Å². The fourth-order valence-electron chi connectivity index (χ4n) is 2.70. The largest absolute Gasteiger partial charge is 0.486 e. The van der Waals surface area contributed by atoms with Crippen LogP contribution in [0.3, 0.4) is 0 Å². The van der Waals surface area contributed by atoms with E-state index in [0.717, 1.165) is 40.2 Å². The van der Waals surface area contributed by atoms with Gasteiger partial charge in [0.05, 0.1) is 11.6 Å². The van der Waals surface area contributed by atoms with Gasteiger partial charge in [-0.2, -0.15) is 5.26 Å². The van der Waals surface area contributed by atoms with Crippen molar-refractivity contribution in [1.82, 2.24) is 0 Å². The Bertz CT molecular complexity index is 772. The lowest BCUT2D eigenvalue weighted by Crippen LogP contribution is -2.16. The lowest BCUT2D eigenvalue weighted by atomic mass is 9.94. The molecule has 1 heterocycles. The summed E-state index contributed by atoms with van der Waals surface area (Å²) >= 11 is 0. The van der Waals surface area contributed by atoms with E-state index in [1.807, 2.05) is 24.3 Å². The maximum absolute atomic E-state index is 9.27. The van der Waals surface area contributed by atoms with Crippen molar-refractivity contribution in [3.05, 3.63) is 53.6 Å². The Kier molecular flexibility index (Phi) is 3.84. The number of nitrogens with zero attached hydrogens (tertiary/aromatic N) is 1. The van der Waals surface area contributed by atoms with Crippen LogP contribution in [-0.4, -0.2) is 13.2 Å². The standard InChI is InChI=1S/C19H17NO2/c1-3-13-9-14(12-20)11-16(10-13)18-15(4-2)5-6-17-19(18)22-8-7-21-17/h4-6,9-11H,2-3,7-8H2,1H3. The van der Waals surface area contributed by atoms with E-state index in [0.29, 0.717) is 18.8 Å². The fourth-order valence-corrected chi connectivity index (χ4v) is 2.70. The normalized spacial score (nSPS) is 12.5. The molecule has 0 amide bonds. The van der Waals surface area contributed by atoms with Gasteiger partial charge in [0.1, 0.15) is 13.2 Å². The van der Waals surface area contributed by atoms with Gasteiger partial charge in [0, 0.05) is 5.56 Å². The van der Waals surface area contributed by atoms with Gasteiger partial charge < -0.3 is 9.47 Å². The van der Waals surface area contributed by atoms with Gasteiger partial charge in [0.25, 0.3) is 0 Å². The Morgan fingerprint density at radius 1 is 1.23 bits per heavy atom. The molecule has 0 unspecified atom stereocenters. The molecule has 2 aromatic carbocycles. The molecule has 0 saturated heterocycles. The van der Waals surface area contributed by atoms with Crippen molar-refractivity contribution >= 4 is 6.08 Å². The summed E-state index contributed by atoms with van der Waals surface area (Å²) in [6, 6.07) is 12.0. The molecule has 1 aliphatic heterocycles. The number of benzene rings is 2. The molecule has 0 bridgehead atoms. The van der Waals surface area contributed by atoms with Crippen molar-refractivity contribution in [3.63, 3.8) is 0 Å². The van der Waals surface area contributed by atoms with Crippen LogP contribution in [0.2, 0.25) is 0 Å². The fraction of sp³-hybridized carbons (Fsp3) is 0.211. The first kappa shape index (κ1) is 14.2. The molecule has 2 aromatic rings. The molecule has 1 aliphatic rings. The van der Waals surface area contributed by atoms with Crippen molar-refractivity contribution in [3.8, 4) is 28.7 Å². The van der Waals surface area contributed by atoms with Gasteiger partial charge in [-0.05, 0) is 41.3 Å². The number of fused-ring (bicyclic) bond motifs is 1.